The molecule has 0 aliphatic carbocycles. The fourth-order valence-corrected chi connectivity index (χ4v) is 6.20. The third-order valence-electron chi connectivity index (χ3n) is 4.99. The van der Waals surface area contributed by atoms with Gasteiger partial charge in [-0.05, 0) is 48.5 Å². The van der Waals surface area contributed by atoms with Crippen LogP contribution in [-0.4, -0.2) is 21.6 Å². The number of carbonyl (C=O) groups excluding carboxylic acids is 1. The van der Waals surface area contributed by atoms with Gasteiger partial charge < -0.3 is 4.98 Å². The Hall–Kier alpha value is -2.65. The molecular formula is C25H18ClN3O2S3. The second kappa shape index (κ2) is 10.3. The summed E-state index contributed by atoms with van der Waals surface area (Å²) in [5.41, 5.74) is 2.16. The second-order valence-electron chi connectivity index (χ2n) is 7.34. The van der Waals surface area contributed by atoms with Crippen molar-refractivity contribution in [2.75, 3.05) is 10.7 Å². The Morgan fingerprint density at radius 2 is 1.59 bits per heavy atom. The van der Waals surface area contributed by atoms with Gasteiger partial charge in [0.2, 0.25) is 5.91 Å². The van der Waals surface area contributed by atoms with Gasteiger partial charge in [-0.3, -0.25) is 14.5 Å². The van der Waals surface area contributed by atoms with Gasteiger partial charge in [0.05, 0.1) is 22.8 Å². The predicted molar refractivity (Wildman–Crippen MR) is 141 cm³/mol. The van der Waals surface area contributed by atoms with E-state index in [2.05, 4.69) is 9.97 Å². The molecule has 4 aromatic rings. The van der Waals surface area contributed by atoms with E-state index < -0.39 is 0 Å². The number of nitrogens with zero attached hydrogens (tertiary/aromatic N) is 2. The summed E-state index contributed by atoms with van der Waals surface area (Å²) >= 11 is 10.4. The number of H-pyrrole nitrogens is 1. The molecule has 9 heteroatoms. The Morgan fingerprint density at radius 1 is 0.941 bits per heavy atom. The molecule has 0 unspecified atom stereocenters. The highest BCUT2D eigenvalue weighted by molar-refractivity contribution is 8.00. The van der Waals surface area contributed by atoms with Gasteiger partial charge in [0.1, 0.15) is 0 Å². The van der Waals surface area contributed by atoms with Crippen LogP contribution in [0.4, 0.5) is 11.4 Å². The minimum absolute atomic E-state index is 0.0752. The number of anilines is 2. The molecule has 0 fully saturated rings. The van der Waals surface area contributed by atoms with Gasteiger partial charge in [0.25, 0.3) is 5.56 Å². The van der Waals surface area contributed by atoms with Gasteiger partial charge in [-0.15, -0.1) is 11.8 Å². The van der Waals surface area contributed by atoms with Crippen LogP contribution in [-0.2, 0) is 10.5 Å². The molecule has 1 N–H and O–H groups in total. The Labute approximate surface area is 214 Å². The smallest absolute Gasteiger partial charge is 0.251 e. The maximum Gasteiger partial charge on any atom is 0.251 e. The zero-order valence-electron chi connectivity index (χ0n) is 17.7. The molecule has 0 saturated heterocycles. The average molecular weight is 524 g/mol. The van der Waals surface area contributed by atoms with Crippen LogP contribution in [0.1, 0.15) is 5.69 Å². The Bertz CT molecular complexity index is 1360. The van der Waals surface area contributed by atoms with Gasteiger partial charge >= 0.3 is 0 Å². The monoisotopic (exact) mass is 523 g/mol. The number of carbonyl (C=O) groups is 1. The lowest BCUT2D eigenvalue weighted by molar-refractivity contribution is -0.115. The van der Waals surface area contributed by atoms with E-state index >= 15 is 0 Å². The summed E-state index contributed by atoms with van der Waals surface area (Å²) in [5, 5.41) is 1.11. The van der Waals surface area contributed by atoms with E-state index in [1.165, 1.54) is 17.8 Å². The fraction of sp³-hybridized carbons (Fsp3) is 0.0800. The number of hydrogen-bond acceptors (Lipinski definition) is 6. The quantitative estimate of drug-likeness (QED) is 0.226. The van der Waals surface area contributed by atoms with Crippen LogP contribution in [0.25, 0.3) is 0 Å². The highest BCUT2D eigenvalue weighted by atomic mass is 35.5. The van der Waals surface area contributed by atoms with Gasteiger partial charge in [-0.25, -0.2) is 4.98 Å². The number of aromatic amines is 1. The summed E-state index contributed by atoms with van der Waals surface area (Å²) in [4.78, 5) is 37.7. The van der Waals surface area contributed by atoms with E-state index in [0.29, 0.717) is 21.6 Å². The summed E-state index contributed by atoms with van der Waals surface area (Å²) in [5.74, 6) is 0.607. The number of amides is 1. The van der Waals surface area contributed by atoms with Crippen LogP contribution in [0.2, 0.25) is 5.02 Å². The maximum absolute atomic E-state index is 13.4. The van der Waals surface area contributed by atoms with Gasteiger partial charge in [0.15, 0.2) is 5.16 Å². The number of thioether (sulfide) groups is 2. The normalized spacial score (nSPS) is 12.2. The van der Waals surface area contributed by atoms with Crippen molar-refractivity contribution in [1.82, 2.24) is 9.97 Å². The molecule has 3 aromatic carbocycles. The van der Waals surface area contributed by atoms with Crippen molar-refractivity contribution < 1.29 is 4.79 Å². The molecule has 1 aliphatic heterocycles. The molecule has 1 amide bonds. The van der Waals surface area contributed by atoms with Crippen molar-refractivity contribution >= 4 is 64.2 Å². The van der Waals surface area contributed by atoms with Crippen molar-refractivity contribution in [2.45, 2.75) is 25.6 Å². The van der Waals surface area contributed by atoms with Crippen LogP contribution in [0.5, 0.6) is 0 Å². The Balaban J connectivity index is 1.31. The predicted octanol–water partition coefficient (Wildman–Crippen LogP) is 6.64. The lowest BCUT2D eigenvalue weighted by Gasteiger charge is -2.30. The molecule has 1 aromatic heterocycles. The number of rotatable bonds is 6. The Kier molecular flexibility index (Phi) is 7.01. The maximum atomic E-state index is 13.4. The molecule has 0 bridgehead atoms. The van der Waals surface area contributed by atoms with Crippen molar-refractivity contribution in [3.8, 4) is 0 Å². The third kappa shape index (κ3) is 5.20. The molecule has 5 rings (SSSR count). The van der Waals surface area contributed by atoms with Crippen molar-refractivity contribution in [3.05, 3.63) is 99.9 Å². The zero-order valence-corrected chi connectivity index (χ0v) is 20.9. The molecule has 0 atom stereocenters. The van der Waals surface area contributed by atoms with E-state index in [9.17, 15) is 9.59 Å². The van der Waals surface area contributed by atoms with Crippen molar-refractivity contribution in [3.63, 3.8) is 0 Å². The van der Waals surface area contributed by atoms with Crippen molar-refractivity contribution in [2.24, 2.45) is 0 Å². The van der Waals surface area contributed by atoms with E-state index in [1.807, 2.05) is 72.8 Å². The number of nitrogens with one attached hydrogen (secondary N) is 1. The van der Waals surface area contributed by atoms with E-state index in [-0.39, 0.29) is 17.2 Å². The molecule has 2 heterocycles. The molecule has 34 heavy (non-hydrogen) atoms. The van der Waals surface area contributed by atoms with Crippen LogP contribution < -0.4 is 10.5 Å². The van der Waals surface area contributed by atoms with Crippen LogP contribution in [0.3, 0.4) is 0 Å². The lowest BCUT2D eigenvalue weighted by Crippen LogP contribution is -2.30. The largest absolute Gasteiger partial charge is 0.301 e. The first kappa shape index (κ1) is 23.1. The summed E-state index contributed by atoms with van der Waals surface area (Å²) in [6, 6.07) is 24.8. The molecular weight excluding hydrogens is 506 g/mol. The van der Waals surface area contributed by atoms with Gasteiger partial charge in [-0.2, -0.15) is 0 Å². The standard InChI is InChI=1S/C25H18ClN3O2S3/c26-16-9-11-18(12-10-16)32-14-17-13-23(30)28-25(27-17)33-15-24(31)29-19-5-1-3-7-21(19)34-22-8-4-2-6-20(22)29/h1-13H,14-15H2,(H,27,28,30). The number of aromatic nitrogens is 2. The fourth-order valence-electron chi connectivity index (χ4n) is 3.48. The van der Waals surface area contributed by atoms with E-state index in [0.717, 1.165) is 26.1 Å². The second-order valence-corrected chi connectivity index (χ2v) is 10.9. The highest BCUT2D eigenvalue weighted by Crippen LogP contribution is 2.48. The molecule has 0 spiro atoms. The number of benzene rings is 3. The zero-order chi connectivity index (χ0) is 23.5. The SMILES string of the molecule is O=C(CSc1nc(CSc2ccc(Cl)cc2)cc(=O)[nH]1)N1c2ccccc2Sc2ccccc21. The molecule has 5 nitrogen and oxygen atoms in total. The molecule has 0 saturated carbocycles. The lowest BCUT2D eigenvalue weighted by atomic mass is 10.2. The molecule has 170 valence electrons. The number of hydrogen-bond donors (Lipinski definition) is 1. The first-order valence-corrected chi connectivity index (χ1v) is 13.5. The minimum atomic E-state index is -0.235. The minimum Gasteiger partial charge on any atom is -0.301 e. The van der Waals surface area contributed by atoms with Crippen molar-refractivity contribution in [1.29, 1.82) is 0 Å². The first-order valence-electron chi connectivity index (χ1n) is 10.4. The number of para-hydroxylation sites is 2. The summed E-state index contributed by atoms with van der Waals surface area (Å²) < 4.78 is 0. The Morgan fingerprint density at radius 3 is 2.26 bits per heavy atom. The van der Waals surface area contributed by atoms with E-state index in [1.54, 1.807) is 28.4 Å². The van der Waals surface area contributed by atoms with E-state index in [4.69, 9.17) is 11.6 Å². The first-order chi connectivity index (χ1) is 16.6. The van der Waals surface area contributed by atoms with Gasteiger partial charge in [0, 0.05) is 31.5 Å². The van der Waals surface area contributed by atoms with Crippen LogP contribution in [0.15, 0.2) is 104 Å². The van der Waals surface area contributed by atoms with Gasteiger partial charge in [-0.1, -0.05) is 59.4 Å². The van der Waals surface area contributed by atoms with Crippen LogP contribution in [0, 0.1) is 0 Å². The number of halogens is 1. The molecule has 1 aliphatic rings. The van der Waals surface area contributed by atoms with Crippen LogP contribution >= 0.6 is 46.9 Å². The summed E-state index contributed by atoms with van der Waals surface area (Å²) in [6.45, 7) is 0. The summed E-state index contributed by atoms with van der Waals surface area (Å²) in [7, 11) is 0. The average Bonchev–Trinajstić information content (AvgIpc) is 2.85. The third-order valence-corrected chi connectivity index (χ3v) is 8.27. The number of fused-ring (bicyclic) bond motifs is 2. The highest BCUT2D eigenvalue weighted by Gasteiger charge is 2.27. The topological polar surface area (TPSA) is 66.1 Å². The summed E-state index contributed by atoms with van der Waals surface area (Å²) in [6.07, 6.45) is 0. The molecule has 0 radical (unpaired) electrons.